The lowest BCUT2D eigenvalue weighted by molar-refractivity contribution is 0.407. The van der Waals surface area contributed by atoms with Gasteiger partial charge in [0.2, 0.25) is 0 Å². The maximum atomic E-state index is 5.71. The molecule has 0 aliphatic carbocycles. The number of hydrogen-bond donors (Lipinski definition) is 1. The zero-order chi connectivity index (χ0) is 12.1. The van der Waals surface area contributed by atoms with Crippen molar-refractivity contribution in [2.45, 2.75) is 32.6 Å². The van der Waals surface area contributed by atoms with Crippen LogP contribution in [0.4, 0.5) is 0 Å². The molecule has 1 unspecified atom stereocenters. The molecule has 0 bridgehead atoms. The second-order valence-corrected chi connectivity index (χ2v) is 5.07. The molecule has 0 aliphatic rings. The van der Waals surface area contributed by atoms with E-state index in [-0.39, 0.29) is 6.04 Å². The summed E-state index contributed by atoms with van der Waals surface area (Å²) in [6.45, 7) is 6.08. The quantitative estimate of drug-likeness (QED) is 0.858. The number of hydrogen-bond acceptors (Lipinski definition) is 4. The molecule has 16 heavy (non-hydrogen) atoms. The third-order valence-electron chi connectivity index (χ3n) is 2.37. The molecule has 0 saturated heterocycles. The number of pyridine rings is 1. The van der Waals surface area contributed by atoms with E-state index in [2.05, 4.69) is 11.9 Å². The molecule has 0 radical (unpaired) electrons. The van der Waals surface area contributed by atoms with E-state index < -0.39 is 0 Å². The van der Waals surface area contributed by atoms with Crippen molar-refractivity contribution >= 4 is 11.8 Å². The summed E-state index contributed by atoms with van der Waals surface area (Å²) in [4.78, 5) is 4.44. The topological polar surface area (TPSA) is 48.1 Å². The Hall–Kier alpha value is -0.740. The Morgan fingerprint density at radius 2 is 2.19 bits per heavy atom. The Morgan fingerprint density at radius 3 is 2.75 bits per heavy atom. The van der Waals surface area contributed by atoms with Crippen LogP contribution in [0, 0.1) is 13.8 Å². The highest BCUT2D eigenvalue weighted by molar-refractivity contribution is 7.98. The van der Waals surface area contributed by atoms with Gasteiger partial charge in [-0.1, -0.05) is 0 Å². The van der Waals surface area contributed by atoms with Crippen molar-refractivity contribution in [1.29, 1.82) is 0 Å². The van der Waals surface area contributed by atoms with Crippen molar-refractivity contribution in [3.63, 3.8) is 0 Å². The summed E-state index contributed by atoms with van der Waals surface area (Å²) in [5, 5.41) is 0. The van der Waals surface area contributed by atoms with Crippen molar-refractivity contribution in [2.75, 3.05) is 12.9 Å². The number of methoxy groups -OCH3 is 1. The largest absolute Gasteiger partial charge is 0.496 e. The lowest BCUT2D eigenvalue weighted by Crippen LogP contribution is -2.17. The van der Waals surface area contributed by atoms with Crippen LogP contribution in [0.25, 0.3) is 0 Å². The zero-order valence-electron chi connectivity index (χ0n) is 10.4. The smallest absolute Gasteiger partial charge is 0.128 e. The summed E-state index contributed by atoms with van der Waals surface area (Å²) in [6, 6.07) is 0.234. The van der Waals surface area contributed by atoms with Gasteiger partial charge < -0.3 is 10.5 Å². The fourth-order valence-electron chi connectivity index (χ4n) is 1.56. The van der Waals surface area contributed by atoms with Gasteiger partial charge in [0.1, 0.15) is 5.75 Å². The molecule has 1 heterocycles. The van der Waals surface area contributed by atoms with Gasteiger partial charge in [-0.3, -0.25) is 4.98 Å². The number of thioether (sulfide) groups is 1. The highest BCUT2D eigenvalue weighted by Crippen LogP contribution is 2.26. The summed E-state index contributed by atoms with van der Waals surface area (Å²) in [5.41, 5.74) is 9.02. The summed E-state index contributed by atoms with van der Waals surface area (Å²) >= 11 is 1.81. The van der Waals surface area contributed by atoms with Crippen molar-refractivity contribution in [1.82, 2.24) is 4.98 Å². The van der Waals surface area contributed by atoms with Gasteiger partial charge in [0, 0.05) is 34.9 Å². The second-order valence-electron chi connectivity index (χ2n) is 4.04. The lowest BCUT2D eigenvalue weighted by Gasteiger charge is -2.12. The molecule has 0 amide bonds. The van der Waals surface area contributed by atoms with Gasteiger partial charge in [0.15, 0.2) is 0 Å². The third-order valence-corrected chi connectivity index (χ3v) is 3.61. The molecular formula is C12H20N2OS. The SMILES string of the molecule is COc1c(C)cnc(CSCC(C)N)c1C. The predicted octanol–water partition coefficient (Wildman–Crippen LogP) is 2.29. The molecule has 1 aromatic rings. The van der Waals surface area contributed by atoms with Gasteiger partial charge >= 0.3 is 0 Å². The van der Waals surface area contributed by atoms with Crippen molar-refractivity contribution < 1.29 is 4.74 Å². The highest BCUT2D eigenvalue weighted by atomic mass is 32.2. The van der Waals surface area contributed by atoms with Crippen molar-refractivity contribution in [3.8, 4) is 5.75 Å². The predicted molar refractivity (Wildman–Crippen MR) is 70.1 cm³/mol. The van der Waals surface area contributed by atoms with Gasteiger partial charge in [-0.05, 0) is 20.8 Å². The van der Waals surface area contributed by atoms with E-state index in [0.717, 1.165) is 34.1 Å². The normalized spacial score (nSPS) is 12.6. The minimum atomic E-state index is 0.234. The molecule has 0 aromatic carbocycles. The van der Waals surface area contributed by atoms with Crippen LogP contribution < -0.4 is 10.5 Å². The number of ether oxygens (including phenoxy) is 1. The highest BCUT2D eigenvalue weighted by Gasteiger charge is 2.09. The van der Waals surface area contributed by atoms with Crippen LogP contribution in [0.2, 0.25) is 0 Å². The fourth-order valence-corrected chi connectivity index (χ4v) is 2.53. The van der Waals surface area contributed by atoms with Crippen molar-refractivity contribution in [3.05, 3.63) is 23.0 Å². The first-order valence-electron chi connectivity index (χ1n) is 5.38. The summed E-state index contributed by atoms with van der Waals surface area (Å²) < 4.78 is 5.37. The Morgan fingerprint density at radius 1 is 1.50 bits per heavy atom. The molecule has 1 rings (SSSR count). The maximum absolute atomic E-state index is 5.71. The Labute approximate surface area is 102 Å². The average molecular weight is 240 g/mol. The first kappa shape index (κ1) is 13.3. The second kappa shape index (κ2) is 6.11. The monoisotopic (exact) mass is 240 g/mol. The molecule has 1 atom stereocenters. The van der Waals surface area contributed by atoms with Gasteiger partial charge in [-0.15, -0.1) is 0 Å². The standard InChI is InChI=1S/C12H20N2OS/c1-8-5-14-11(7-16-6-9(2)13)10(3)12(8)15-4/h5,9H,6-7,13H2,1-4H3. The molecule has 0 fully saturated rings. The van der Waals surface area contributed by atoms with Gasteiger partial charge in [0.25, 0.3) is 0 Å². The molecule has 1 aromatic heterocycles. The number of aromatic nitrogens is 1. The van der Waals surface area contributed by atoms with Crippen LogP contribution in [0.3, 0.4) is 0 Å². The molecule has 4 heteroatoms. The van der Waals surface area contributed by atoms with E-state index in [9.17, 15) is 0 Å². The Balaban J connectivity index is 2.74. The van der Waals surface area contributed by atoms with Crippen LogP contribution in [0.15, 0.2) is 6.20 Å². The van der Waals surface area contributed by atoms with Gasteiger partial charge in [-0.25, -0.2) is 0 Å². The Kier molecular flexibility index (Phi) is 5.09. The molecular weight excluding hydrogens is 220 g/mol. The molecule has 90 valence electrons. The first-order valence-corrected chi connectivity index (χ1v) is 6.54. The van der Waals surface area contributed by atoms with E-state index in [1.165, 1.54) is 0 Å². The number of nitrogens with two attached hydrogens (primary N) is 1. The van der Waals surface area contributed by atoms with Gasteiger partial charge in [-0.2, -0.15) is 11.8 Å². The van der Waals surface area contributed by atoms with Crippen molar-refractivity contribution in [2.24, 2.45) is 5.73 Å². The van der Waals surface area contributed by atoms with Gasteiger partial charge in [0.05, 0.1) is 12.8 Å². The van der Waals surface area contributed by atoms with E-state index in [0.29, 0.717) is 0 Å². The fraction of sp³-hybridized carbons (Fsp3) is 0.583. The maximum Gasteiger partial charge on any atom is 0.128 e. The number of nitrogens with zero attached hydrogens (tertiary/aromatic N) is 1. The molecule has 0 spiro atoms. The molecule has 0 aliphatic heterocycles. The summed E-state index contributed by atoms with van der Waals surface area (Å²) in [6.07, 6.45) is 1.87. The van der Waals surface area contributed by atoms with Crippen LogP contribution in [-0.2, 0) is 5.75 Å². The van der Waals surface area contributed by atoms with E-state index >= 15 is 0 Å². The minimum Gasteiger partial charge on any atom is -0.496 e. The summed E-state index contributed by atoms with van der Waals surface area (Å²) in [5.74, 6) is 2.80. The van der Waals surface area contributed by atoms with Crippen LogP contribution in [0.5, 0.6) is 5.75 Å². The summed E-state index contributed by atoms with van der Waals surface area (Å²) in [7, 11) is 1.70. The molecule has 3 nitrogen and oxygen atoms in total. The zero-order valence-corrected chi connectivity index (χ0v) is 11.2. The van der Waals surface area contributed by atoms with Crippen LogP contribution in [0.1, 0.15) is 23.7 Å². The van der Waals surface area contributed by atoms with E-state index in [1.807, 2.05) is 31.8 Å². The minimum absolute atomic E-state index is 0.234. The van der Waals surface area contributed by atoms with E-state index in [1.54, 1.807) is 7.11 Å². The average Bonchev–Trinajstić information content (AvgIpc) is 2.22. The third kappa shape index (κ3) is 3.39. The molecule has 0 saturated carbocycles. The lowest BCUT2D eigenvalue weighted by atomic mass is 10.1. The first-order chi connectivity index (χ1) is 7.56. The van der Waals surface area contributed by atoms with Crippen LogP contribution >= 0.6 is 11.8 Å². The van der Waals surface area contributed by atoms with E-state index in [4.69, 9.17) is 10.5 Å². The van der Waals surface area contributed by atoms with Crippen LogP contribution in [-0.4, -0.2) is 23.9 Å². The Bertz CT molecular complexity index is 353. The molecule has 2 N–H and O–H groups in total. The number of aryl methyl sites for hydroxylation is 1. The number of rotatable bonds is 5.